The lowest BCUT2D eigenvalue weighted by Gasteiger charge is -1.88. The van der Waals surface area contributed by atoms with Crippen LogP contribution in [0.1, 0.15) is 6.42 Å². The van der Waals surface area contributed by atoms with Crippen LogP contribution in [0.25, 0.3) is 0 Å². The lowest BCUT2D eigenvalue weighted by molar-refractivity contribution is 0.766. The molecular formula is C5H7N3. The van der Waals surface area contributed by atoms with Crippen molar-refractivity contribution >= 4 is 0 Å². The van der Waals surface area contributed by atoms with Crippen molar-refractivity contribution in [1.29, 1.82) is 10.5 Å². The van der Waals surface area contributed by atoms with Crippen molar-refractivity contribution in [3.05, 3.63) is 0 Å². The van der Waals surface area contributed by atoms with Gasteiger partial charge in [0.15, 0.2) is 0 Å². The summed E-state index contributed by atoms with van der Waals surface area (Å²) in [5, 5.41) is 18.7. The van der Waals surface area contributed by atoms with Crippen LogP contribution in [0.3, 0.4) is 0 Å². The molecule has 1 N–H and O–H groups in total. The molecule has 0 aliphatic carbocycles. The average Bonchev–Trinajstić information content (AvgIpc) is 1.81. The van der Waals surface area contributed by atoms with E-state index in [2.05, 4.69) is 5.32 Å². The largest absolute Gasteiger partial charge is 0.303 e. The van der Waals surface area contributed by atoms with Gasteiger partial charge in [-0.3, -0.25) is 0 Å². The van der Waals surface area contributed by atoms with Gasteiger partial charge in [0.2, 0.25) is 0 Å². The highest BCUT2D eigenvalue weighted by atomic mass is 14.8. The number of rotatable bonds is 3. The van der Waals surface area contributed by atoms with Crippen LogP contribution in [0.5, 0.6) is 0 Å². The van der Waals surface area contributed by atoms with Crippen LogP contribution in [0, 0.1) is 22.7 Å². The quantitative estimate of drug-likeness (QED) is 0.410. The van der Waals surface area contributed by atoms with Gasteiger partial charge in [0.1, 0.15) is 0 Å². The van der Waals surface area contributed by atoms with Crippen LogP contribution in [-0.2, 0) is 0 Å². The zero-order chi connectivity index (χ0) is 6.24. The molecule has 0 atom stereocenters. The summed E-state index contributed by atoms with van der Waals surface area (Å²) in [5.74, 6) is 0. The molecule has 0 aromatic rings. The minimum Gasteiger partial charge on any atom is -0.303 e. The minimum atomic E-state index is 0.335. The second-order valence-corrected chi connectivity index (χ2v) is 1.24. The van der Waals surface area contributed by atoms with Gasteiger partial charge in [-0.2, -0.15) is 10.5 Å². The fourth-order valence-electron chi connectivity index (χ4n) is 0.289. The summed E-state index contributed by atoms with van der Waals surface area (Å²) in [6.45, 7) is 0.950. The maximum atomic E-state index is 7.99. The van der Waals surface area contributed by atoms with Crippen LogP contribution in [-0.4, -0.2) is 13.1 Å². The van der Waals surface area contributed by atoms with E-state index in [1.807, 2.05) is 12.1 Å². The summed E-state index contributed by atoms with van der Waals surface area (Å²) in [4.78, 5) is 0. The zero-order valence-corrected chi connectivity index (χ0v) is 4.52. The van der Waals surface area contributed by atoms with Gasteiger partial charge in [-0.1, -0.05) is 0 Å². The highest BCUT2D eigenvalue weighted by molar-refractivity contribution is 4.76. The molecule has 42 valence electrons. The SMILES string of the molecule is N#CCCNCC#N. The Hall–Kier alpha value is -1.06. The van der Waals surface area contributed by atoms with Crippen LogP contribution in [0.2, 0.25) is 0 Å². The summed E-state index contributed by atoms with van der Waals surface area (Å²) in [6.07, 6.45) is 0.474. The van der Waals surface area contributed by atoms with Gasteiger partial charge in [-0.25, -0.2) is 0 Å². The molecule has 0 aliphatic heterocycles. The van der Waals surface area contributed by atoms with Gasteiger partial charge in [0.05, 0.1) is 18.7 Å². The van der Waals surface area contributed by atoms with E-state index < -0.39 is 0 Å². The molecule has 0 rings (SSSR count). The van der Waals surface area contributed by atoms with E-state index in [9.17, 15) is 0 Å². The van der Waals surface area contributed by atoms with E-state index in [4.69, 9.17) is 10.5 Å². The summed E-state index contributed by atoms with van der Waals surface area (Å²) in [7, 11) is 0. The van der Waals surface area contributed by atoms with Gasteiger partial charge >= 0.3 is 0 Å². The number of hydrogen-bond donors (Lipinski definition) is 1. The molecule has 8 heavy (non-hydrogen) atoms. The molecule has 0 saturated heterocycles. The molecule has 3 heteroatoms. The van der Waals surface area contributed by atoms with Gasteiger partial charge in [-0.15, -0.1) is 0 Å². The van der Waals surface area contributed by atoms with Crippen molar-refractivity contribution in [2.24, 2.45) is 0 Å². The molecule has 0 bridgehead atoms. The molecule has 0 saturated carbocycles. The molecule has 0 fully saturated rings. The van der Waals surface area contributed by atoms with E-state index in [-0.39, 0.29) is 0 Å². The number of nitrogens with zero attached hydrogens (tertiary/aromatic N) is 2. The molecule has 0 heterocycles. The Kier molecular flexibility index (Phi) is 5.15. The second kappa shape index (κ2) is 5.94. The van der Waals surface area contributed by atoms with E-state index in [1.54, 1.807) is 0 Å². The highest BCUT2D eigenvalue weighted by Crippen LogP contribution is 1.66. The maximum absolute atomic E-state index is 7.99. The molecule has 0 radical (unpaired) electrons. The first-order valence-corrected chi connectivity index (χ1v) is 2.36. The van der Waals surface area contributed by atoms with Gasteiger partial charge in [-0.05, 0) is 0 Å². The van der Waals surface area contributed by atoms with Crippen molar-refractivity contribution in [1.82, 2.24) is 5.32 Å². The van der Waals surface area contributed by atoms with E-state index >= 15 is 0 Å². The molecule has 3 nitrogen and oxygen atoms in total. The number of hydrogen-bond acceptors (Lipinski definition) is 3. The Morgan fingerprint density at radius 1 is 1.25 bits per heavy atom. The molecule has 0 spiro atoms. The van der Waals surface area contributed by atoms with Crippen molar-refractivity contribution in [3.63, 3.8) is 0 Å². The maximum Gasteiger partial charge on any atom is 0.0841 e. The molecular weight excluding hydrogens is 102 g/mol. The Balaban J connectivity index is 2.77. The Labute approximate surface area is 48.5 Å². The van der Waals surface area contributed by atoms with Crippen molar-refractivity contribution in [2.75, 3.05) is 13.1 Å². The van der Waals surface area contributed by atoms with E-state index in [1.165, 1.54) is 0 Å². The first kappa shape index (κ1) is 6.94. The summed E-state index contributed by atoms with van der Waals surface area (Å²) >= 11 is 0. The average molecular weight is 109 g/mol. The topological polar surface area (TPSA) is 59.6 Å². The van der Waals surface area contributed by atoms with Crippen molar-refractivity contribution in [3.8, 4) is 12.1 Å². The van der Waals surface area contributed by atoms with E-state index in [0.717, 1.165) is 0 Å². The summed E-state index contributed by atoms with van der Waals surface area (Å²) in [5.41, 5.74) is 0. The Morgan fingerprint density at radius 2 is 2.00 bits per heavy atom. The van der Waals surface area contributed by atoms with Gasteiger partial charge in [0, 0.05) is 13.0 Å². The van der Waals surface area contributed by atoms with Crippen LogP contribution < -0.4 is 5.32 Å². The predicted molar refractivity (Wildman–Crippen MR) is 28.7 cm³/mol. The number of nitrogens with one attached hydrogen (secondary N) is 1. The molecule has 0 aromatic heterocycles. The molecule has 0 aromatic carbocycles. The van der Waals surface area contributed by atoms with E-state index in [0.29, 0.717) is 19.5 Å². The third-order valence-electron chi connectivity index (χ3n) is 0.618. The first-order chi connectivity index (χ1) is 3.91. The second-order valence-electron chi connectivity index (χ2n) is 1.24. The lowest BCUT2D eigenvalue weighted by atomic mass is 10.5. The van der Waals surface area contributed by atoms with Crippen LogP contribution >= 0.6 is 0 Å². The zero-order valence-electron chi connectivity index (χ0n) is 4.52. The van der Waals surface area contributed by atoms with Crippen LogP contribution in [0.15, 0.2) is 0 Å². The van der Waals surface area contributed by atoms with Crippen molar-refractivity contribution < 1.29 is 0 Å². The minimum absolute atomic E-state index is 0.335. The summed E-state index contributed by atoms with van der Waals surface area (Å²) < 4.78 is 0. The standard InChI is InChI=1S/C5H7N3/c6-2-1-4-8-5-3-7/h8H,1,4-5H2. The number of nitriles is 2. The normalized spacial score (nSPS) is 7.25. The first-order valence-electron chi connectivity index (χ1n) is 2.36. The molecule has 0 aliphatic rings. The fourth-order valence-corrected chi connectivity index (χ4v) is 0.289. The smallest absolute Gasteiger partial charge is 0.0841 e. The predicted octanol–water partition coefficient (Wildman–Crippen LogP) is 0.0133. The highest BCUT2D eigenvalue weighted by Gasteiger charge is 1.79. The van der Waals surface area contributed by atoms with Gasteiger partial charge in [0.25, 0.3) is 0 Å². The molecule has 0 amide bonds. The van der Waals surface area contributed by atoms with Crippen molar-refractivity contribution in [2.45, 2.75) is 6.42 Å². The third kappa shape index (κ3) is 4.94. The Bertz CT molecular complexity index is 101. The van der Waals surface area contributed by atoms with Gasteiger partial charge < -0.3 is 5.32 Å². The molecule has 0 unspecified atom stereocenters. The third-order valence-corrected chi connectivity index (χ3v) is 0.618. The lowest BCUT2D eigenvalue weighted by Crippen LogP contribution is -2.14. The monoisotopic (exact) mass is 109 g/mol. The summed E-state index contributed by atoms with van der Waals surface area (Å²) in [6, 6.07) is 3.86. The van der Waals surface area contributed by atoms with Crippen LogP contribution in [0.4, 0.5) is 0 Å². The Morgan fingerprint density at radius 3 is 2.50 bits per heavy atom. The fraction of sp³-hybridized carbons (Fsp3) is 0.600.